The number of carbonyl (C=O) groups excluding carboxylic acids is 1. The summed E-state index contributed by atoms with van der Waals surface area (Å²) in [6.07, 6.45) is 1.97. The van der Waals surface area contributed by atoms with Gasteiger partial charge in [0.15, 0.2) is 12.0 Å². The van der Waals surface area contributed by atoms with Crippen LogP contribution in [0.5, 0.6) is 0 Å². The zero-order chi connectivity index (χ0) is 14.1. The largest absolute Gasteiger partial charge is 0.478 e. The minimum Gasteiger partial charge on any atom is -0.478 e. The van der Waals surface area contributed by atoms with Crippen molar-refractivity contribution in [2.24, 2.45) is 0 Å². The fourth-order valence-electron chi connectivity index (χ4n) is 2.36. The molecule has 4 nitrogen and oxygen atoms in total. The number of furan rings is 1. The van der Waals surface area contributed by atoms with E-state index in [1.165, 1.54) is 6.26 Å². The van der Waals surface area contributed by atoms with E-state index in [0.717, 1.165) is 10.8 Å². The molecule has 20 heavy (non-hydrogen) atoms. The van der Waals surface area contributed by atoms with E-state index in [4.69, 9.17) is 4.42 Å². The van der Waals surface area contributed by atoms with E-state index in [1.807, 2.05) is 24.3 Å². The van der Waals surface area contributed by atoms with Gasteiger partial charge in [-0.3, -0.25) is 4.79 Å². The zero-order valence-electron chi connectivity index (χ0n) is 10.4. The van der Waals surface area contributed by atoms with Gasteiger partial charge in [0.05, 0.1) is 11.8 Å². The van der Waals surface area contributed by atoms with Crippen molar-refractivity contribution >= 4 is 23.0 Å². The summed E-state index contributed by atoms with van der Waals surface area (Å²) in [4.78, 5) is 22.5. The molecule has 0 fully saturated rings. The molecule has 3 rings (SSSR count). The SMILES string of the molecule is O=Cc1occc1-c1c(C(=O)O)ccc2ccccc12. The van der Waals surface area contributed by atoms with Crippen LogP contribution < -0.4 is 0 Å². The van der Waals surface area contributed by atoms with Crippen LogP contribution in [0, 0.1) is 0 Å². The number of rotatable bonds is 3. The van der Waals surface area contributed by atoms with Crippen molar-refractivity contribution in [1.29, 1.82) is 0 Å². The summed E-state index contributed by atoms with van der Waals surface area (Å²) in [5.41, 5.74) is 1.15. The normalized spacial score (nSPS) is 10.6. The molecule has 3 aromatic rings. The topological polar surface area (TPSA) is 67.5 Å². The number of carbonyl (C=O) groups is 2. The lowest BCUT2D eigenvalue weighted by Crippen LogP contribution is -2.00. The Kier molecular flexibility index (Phi) is 2.84. The molecule has 2 aromatic carbocycles. The summed E-state index contributed by atoms with van der Waals surface area (Å²) in [6.45, 7) is 0. The lowest BCUT2D eigenvalue weighted by molar-refractivity contribution is 0.0697. The monoisotopic (exact) mass is 266 g/mol. The second-order valence-corrected chi connectivity index (χ2v) is 4.33. The van der Waals surface area contributed by atoms with Gasteiger partial charge in [0.2, 0.25) is 0 Å². The van der Waals surface area contributed by atoms with E-state index in [2.05, 4.69) is 0 Å². The third-order valence-electron chi connectivity index (χ3n) is 3.23. The summed E-state index contributed by atoms with van der Waals surface area (Å²) in [5.74, 6) is -0.910. The molecule has 1 aromatic heterocycles. The number of fused-ring (bicyclic) bond motifs is 1. The molecule has 0 atom stereocenters. The van der Waals surface area contributed by atoms with Crippen LogP contribution in [0.25, 0.3) is 21.9 Å². The molecule has 0 saturated heterocycles. The minimum atomic E-state index is -1.04. The number of carboxylic acid groups (broad SMARTS) is 1. The van der Waals surface area contributed by atoms with Gasteiger partial charge in [-0.1, -0.05) is 30.3 Å². The maximum atomic E-state index is 11.4. The number of benzene rings is 2. The van der Waals surface area contributed by atoms with Crippen LogP contribution in [0.3, 0.4) is 0 Å². The Labute approximate surface area is 114 Å². The van der Waals surface area contributed by atoms with Crippen LogP contribution >= 0.6 is 0 Å². The smallest absolute Gasteiger partial charge is 0.336 e. The van der Waals surface area contributed by atoms with Gasteiger partial charge in [-0.15, -0.1) is 0 Å². The Morgan fingerprint density at radius 2 is 1.90 bits per heavy atom. The number of carboxylic acids is 1. The maximum absolute atomic E-state index is 11.4. The van der Waals surface area contributed by atoms with Crippen molar-refractivity contribution < 1.29 is 19.1 Å². The van der Waals surface area contributed by atoms with Gasteiger partial charge in [-0.2, -0.15) is 0 Å². The Balaban J connectivity index is 2.45. The highest BCUT2D eigenvalue weighted by molar-refractivity contribution is 6.09. The lowest BCUT2D eigenvalue weighted by Gasteiger charge is -2.09. The number of hydrogen-bond acceptors (Lipinski definition) is 3. The molecular formula is C16H10O4. The van der Waals surface area contributed by atoms with Crippen molar-refractivity contribution in [3.8, 4) is 11.1 Å². The minimum absolute atomic E-state index is 0.129. The van der Waals surface area contributed by atoms with Gasteiger partial charge >= 0.3 is 5.97 Å². The van der Waals surface area contributed by atoms with Gasteiger partial charge in [0.1, 0.15) is 0 Å². The van der Waals surface area contributed by atoms with Crippen LogP contribution in [0.4, 0.5) is 0 Å². The molecule has 0 aliphatic heterocycles. The average molecular weight is 266 g/mol. The Morgan fingerprint density at radius 3 is 2.65 bits per heavy atom. The van der Waals surface area contributed by atoms with Crippen LogP contribution in [-0.2, 0) is 0 Å². The molecule has 0 saturated carbocycles. The molecule has 1 heterocycles. The van der Waals surface area contributed by atoms with Crippen LogP contribution in [0.15, 0.2) is 53.1 Å². The summed E-state index contributed by atoms with van der Waals surface area (Å²) in [6, 6.07) is 12.3. The fourth-order valence-corrected chi connectivity index (χ4v) is 2.36. The standard InChI is InChI=1S/C16H10O4/c17-9-14-12(7-8-20-14)15-11-4-2-1-3-10(11)5-6-13(15)16(18)19/h1-9H,(H,18,19). The number of aldehydes is 1. The molecule has 1 N–H and O–H groups in total. The lowest BCUT2D eigenvalue weighted by atomic mass is 9.93. The summed E-state index contributed by atoms with van der Waals surface area (Å²) in [5, 5.41) is 11.1. The molecule has 0 bridgehead atoms. The molecule has 0 unspecified atom stereocenters. The zero-order valence-corrected chi connectivity index (χ0v) is 10.4. The first-order chi connectivity index (χ1) is 9.72. The molecule has 0 amide bonds. The first-order valence-electron chi connectivity index (χ1n) is 6.00. The summed E-state index contributed by atoms with van der Waals surface area (Å²) < 4.78 is 5.09. The third-order valence-corrected chi connectivity index (χ3v) is 3.23. The molecule has 4 heteroatoms. The Morgan fingerprint density at radius 1 is 1.10 bits per heavy atom. The Bertz CT molecular complexity index is 814. The van der Waals surface area contributed by atoms with Gasteiger partial charge in [0, 0.05) is 11.1 Å². The van der Waals surface area contributed by atoms with Gasteiger partial charge in [0.25, 0.3) is 0 Å². The summed E-state index contributed by atoms with van der Waals surface area (Å²) >= 11 is 0. The van der Waals surface area contributed by atoms with Crippen LogP contribution in [-0.4, -0.2) is 17.4 Å². The number of aromatic carboxylic acids is 1. The fraction of sp³-hybridized carbons (Fsp3) is 0. The average Bonchev–Trinajstić information content (AvgIpc) is 2.93. The van der Waals surface area contributed by atoms with E-state index < -0.39 is 5.97 Å². The van der Waals surface area contributed by atoms with Crippen LogP contribution in [0.1, 0.15) is 20.9 Å². The third kappa shape index (κ3) is 1.78. The molecule has 0 spiro atoms. The highest BCUT2D eigenvalue weighted by Crippen LogP contribution is 2.34. The van der Waals surface area contributed by atoms with E-state index in [0.29, 0.717) is 17.4 Å². The molecule has 0 radical (unpaired) electrons. The van der Waals surface area contributed by atoms with Crippen molar-refractivity contribution in [3.63, 3.8) is 0 Å². The van der Waals surface area contributed by atoms with Crippen molar-refractivity contribution in [2.45, 2.75) is 0 Å². The van der Waals surface area contributed by atoms with Gasteiger partial charge in [-0.25, -0.2) is 4.79 Å². The second kappa shape index (κ2) is 4.66. The molecule has 98 valence electrons. The van der Waals surface area contributed by atoms with Crippen molar-refractivity contribution in [1.82, 2.24) is 0 Å². The van der Waals surface area contributed by atoms with Gasteiger partial charge in [-0.05, 0) is 22.9 Å². The van der Waals surface area contributed by atoms with E-state index >= 15 is 0 Å². The summed E-state index contributed by atoms with van der Waals surface area (Å²) in [7, 11) is 0. The second-order valence-electron chi connectivity index (χ2n) is 4.33. The first-order valence-corrected chi connectivity index (χ1v) is 6.00. The van der Waals surface area contributed by atoms with E-state index in [-0.39, 0.29) is 11.3 Å². The highest BCUT2D eigenvalue weighted by atomic mass is 16.4. The molecular weight excluding hydrogens is 256 g/mol. The first kappa shape index (κ1) is 12.2. The van der Waals surface area contributed by atoms with E-state index in [1.54, 1.807) is 18.2 Å². The Hall–Kier alpha value is -2.88. The van der Waals surface area contributed by atoms with Gasteiger partial charge < -0.3 is 9.52 Å². The van der Waals surface area contributed by atoms with Crippen LogP contribution in [0.2, 0.25) is 0 Å². The van der Waals surface area contributed by atoms with Crippen molar-refractivity contribution in [2.75, 3.05) is 0 Å². The van der Waals surface area contributed by atoms with Crippen molar-refractivity contribution in [3.05, 3.63) is 60.1 Å². The molecule has 0 aliphatic carbocycles. The predicted octanol–water partition coefficient (Wildman–Crippen LogP) is 3.61. The van der Waals surface area contributed by atoms with E-state index in [9.17, 15) is 14.7 Å². The maximum Gasteiger partial charge on any atom is 0.336 e. The quantitative estimate of drug-likeness (QED) is 0.735. The number of hydrogen-bond donors (Lipinski definition) is 1. The predicted molar refractivity (Wildman–Crippen MR) is 74.0 cm³/mol. The highest BCUT2D eigenvalue weighted by Gasteiger charge is 2.19. The molecule has 0 aliphatic rings.